The van der Waals surface area contributed by atoms with E-state index in [0.717, 1.165) is 0 Å². The van der Waals surface area contributed by atoms with Crippen molar-refractivity contribution in [1.82, 2.24) is 5.32 Å². The molecule has 22 heavy (non-hydrogen) atoms. The Morgan fingerprint density at radius 3 is 2.14 bits per heavy atom. The molecule has 0 heterocycles. The first-order valence-electron chi connectivity index (χ1n) is 7.16. The zero-order valence-electron chi connectivity index (χ0n) is 13.1. The van der Waals surface area contributed by atoms with Crippen molar-refractivity contribution in [3.8, 4) is 0 Å². The van der Waals surface area contributed by atoms with Crippen molar-refractivity contribution in [2.75, 3.05) is 13.2 Å². The van der Waals surface area contributed by atoms with E-state index < -0.39 is 35.8 Å². The third-order valence-corrected chi connectivity index (χ3v) is 2.77. The monoisotopic (exact) mass is 317 g/mol. The van der Waals surface area contributed by atoms with Crippen LogP contribution in [0.15, 0.2) is 0 Å². The topological polar surface area (TPSA) is 119 Å². The summed E-state index contributed by atoms with van der Waals surface area (Å²) in [5, 5.41) is 11.4. The molecule has 8 heteroatoms. The molecule has 2 N–H and O–H groups in total. The van der Waals surface area contributed by atoms with Crippen LogP contribution in [0, 0.1) is 5.92 Å². The number of amides is 1. The molecule has 0 spiro atoms. The van der Waals surface area contributed by atoms with Gasteiger partial charge in [-0.05, 0) is 20.3 Å². The molecular formula is C14H23NO7. The number of aliphatic carboxylic acids is 1. The molecule has 0 bridgehead atoms. The second-order valence-electron chi connectivity index (χ2n) is 4.65. The molecule has 0 aromatic rings. The van der Waals surface area contributed by atoms with Gasteiger partial charge >= 0.3 is 17.9 Å². The molecule has 0 saturated heterocycles. The van der Waals surface area contributed by atoms with Crippen molar-refractivity contribution >= 4 is 23.8 Å². The lowest BCUT2D eigenvalue weighted by molar-refractivity contribution is -0.149. The molecule has 0 radical (unpaired) electrons. The lowest BCUT2D eigenvalue weighted by atomic mass is 10.0. The highest BCUT2D eigenvalue weighted by Crippen LogP contribution is 2.09. The largest absolute Gasteiger partial charge is 0.480 e. The SMILES string of the molecule is CCOC(=O)CCC(=O)N[C@@H](C[C@@H](C)C(=O)OCC)C(=O)O. The normalized spacial score (nSPS) is 12.9. The minimum atomic E-state index is -1.25. The summed E-state index contributed by atoms with van der Waals surface area (Å²) < 4.78 is 9.46. The number of hydrogen-bond acceptors (Lipinski definition) is 6. The molecule has 0 rings (SSSR count). The van der Waals surface area contributed by atoms with Gasteiger partial charge in [0.15, 0.2) is 0 Å². The number of rotatable bonds is 10. The quantitative estimate of drug-likeness (QED) is 0.563. The van der Waals surface area contributed by atoms with E-state index >= 15 is 0 Å². The summed E-state index contributed by atoms with van der Waals surface area (Å²) in [5.74, 6) is -3.54. The second kappa shape index (κ2) is 10.6. The van der Waals surface area contributed by atoms with Gasteiger partial charge in [0.05, 0.1) is 25.6 Å². The summed E-state index contributed by atoms with van der Waals surface area (Å²) >= 11 is 0. The summed E-state index contributed by atoms with van der Waals surface area (Å²) in [4.78, 5) is 45.4. The summed E-state index contributed by atoms with van der Waals surface area (Å²) in [5.41, 5.74) is 0. The molecule has 0 aliphatic carbocycles. The predicted molar refractivity (Wildman–Crippen MR) is 75.8 cm³/mol. The summed E-state index contributed by atoms with van der Waals surface area (Å²) in [6, 6.07) is -1.21. The van der Waals surface area contributed by atoms with E-state index in [2.05, 4.69) is 10.1 Å². The Bertz CT molecular complexity index is 408. The van der Waals surface area contributed by atoms with Gasteiger partial charge < -0.3 is 19.9 Å². The molecule has 0 aliphatic rings. The van der Waals surface area contributed by atoms with Crippen LogP contribution in [0.25, 0.3) is 0 Å². The van der Waals surface area contributed by atoms with Crippen LogP contribution >= 0.6 is 0 Å². The maximum absolute atomic E-state index is 11.6. The number of carboxylic acids is 1. The van der Waals surface area contributed by atoms with Crippen LogP contribution in [0.1, 0.15) is 40.0 Å². The van der Waals surface area contributed by atoms with Crippen molar-refractivity contribution in [1.29, 1.82) is 0 Å². The van der Waals surface area contributed by atoms with Gasteiger partial charge in [-0.3, -0.25) is 14.4 Å². The average molecular weight is 317 g/mol. The fraction of sp³-hybridized carbons (Fsp3) is 0.714. The zero-order valence-corrected chi connectivity index (χ0v) is 13.1. The average Bonchev–Trinajstić information content (AvgIpc) is 2.44. The fourth-order valence-electron chi connectivity index (χ4n) is 1.67. The van der Waals surface area contributed by atoms with Crippen LogP contribution in [-0.2, 0) is 28.7 Å². The molecule has 0 unspecified atom stereocenters. The molecule has 2 atom stereocenters. The van der Waals surface area contributed by atoms with E-state index in [-0.39, 0.29) is 32.5 Å². The first-order chi connectivity index (χ1) is 10.3. The number of ether oxygens (including phenoxy) is 2. The molecule has 0 fully saturated rings. The Morgan fingerprint density at radius 2 is 1.64 bits per heavy atom. The van der Waals surface area contributed by atoms with Gasteiger partial charge in [-0.1, -0.05) is 6.92 Å². The van der Waals surface area contributed by atoms with Crippen molar-refractivity contribution in [3.63, 3.8) is 0 Å². The first kappa shape index (κ1) is 19.9. The van der Waals surface area contributed by atoms with Crippen LogP contribution in [0.2, 0.25) is 0 Å². The number of carbonyl (C=O) groups excluding carboxylic acids is 3. The van der Waals surface area contributed by atoms with Crippen LogP contribution in [0.4, 0.5) is 0 Å². The lowest BCUT2D eigenvalue weighted by Crippen LogP contribution is -2.42. The maximum atomic E-state index is 11.6. The van der Waals surface area contributed by atoms with Gasteiger partial charge in [0.25, 0.3) is 0 Å². The van der Waals surface area contributed by atoms with Gasteiger partial charge in [0.1, 0.15) is 6.04 Å². The van der Waals surface area contributed by atoms with Gasteiger partial charge in [-0.2, -0.15) is 0 Å². The molecule has 0 aromatic heterocycles. The molecule has 0 aliphatic heterocycles. The molecule has 0 aromatic carbocycles. The van der Waals surface area contributed by atoms with E-state index in [4.69, 9.17) is 9.84 Å². The second-order valence-corrected chi connectivity index (χ2v) is 4.65. The number of carbonyl (C=O) groups is 4. The van der Waals surface area contributed by atoms with Crippen molar-refractivity contribution < 1.29 is 33.8 Å². The standard InChI is InChI=1S/C14H23NO7/c1-4-21-12(17)7-6-11(16)15-10(13(18)19)8-9(3)14(20)22-5-2/h9-10H,4-8H2,1-3H3,(H,15,16)(H,18,19)/t9-,10+/m1/s1. The minimum absolute atomic E-state index is 0.0840. The third-order valence-electron chi connectivity index (χ3n) is 2.77. The number of nitrogens with one attached hydrogen (secondary N) is 1. The number of carboxylic acid groups (broad SMARTS) is 1. The fourth-order valence-corrected chi connectivity index (χ4v) is 1.67. The van der Waals surface area contributed by atoms with Gasteiger partial charge in [0, 0.05) is 6.42 Å². The molecule has 126 valence electrons. The molecular weight excluding hydrogens is 294 g/mol. The predicted octanol–water partition coefficient (Wildman–Crippen LogP) is 0.488. The Labute approximate surface area is 129 Å². The highest BCUT2D eigenvalue weighted by molar-refractivity contribution is 5.86. The smallest absolute Gasteiger partial charge is 0.326 e. The molecule has 0 saturated carbocycles. The van der Waals surface area contributed by atoms with Gasteiger partial charge in [-0.25, -0.2) is 4.79 Å². The van der Waals surface area contributed by atoms with Crippen LogP contribution in [0.3, 0.4) is 0 Å². The van der Waals surface area contributed by atoms with Crippen molar-refractivity contribution in [2.24, 2.45) is 5.92 Å². The first-order valence-corrected chi connectivity index (χ1v) is 7.16. The van der Waals surface area contributed by atoms with Gasteiger partial charge in [-0.15, -0.1) is 0 Å². The van der Waals surface area contributed by atoms with E-state index in [0.29, 0.717) is 0 Å². The highest BCUT2D eigenvalue weighted by atomic mass is 16.5. The van der Waals surface area contributed by atoms with Crippen LogP contribution in [-0.4, -0.2) is 48.2 Å². The van der Waals surface area contributed by atoms with Crippen LogP contribution in [0.5, 0.6) is 0 Å². The summed E-state index contributed by atoms with van der Waals surface area (Å²) in [6.45, 7) is 5.24. The number of hydrogen-bond donors (Lipinski definition) is 2. The summed E-state index contributed by atoms with van der Waals surface area (Å²) in [7, 11) is 0. The van der Waals surface area contributed by atoms with Gasteiger partial charge in [0.2, 0.25) is 5.91 Å². The van der Waals surface area contributed by atoms with Crippen LogP contribution < -0.4 is 5.32 Å². The van der Waals surface area contributed by atoms with E-state index in [1.165, 1.54) is 6.92 Å². The van der Waals surface area contributed by atoms with E-state index in [9.17, 15) is 19.2 Å². The van der Waals surface area contributed by atoms with E-state index in [1.807, 2.05) is 0 Å². The lowest BCUT2D eigenvalue weighted by Gasteiger charge is -2.18. The minimum Gasteiger partial charge on any atom is -0.480 e. The van der Waals surface area contributed by atoms with Crippen molar-refractivity contribution in [3.05, 3.63) is 0 Å². The third kappa shape index (κ3) is 8.23. The number of esters is 2. The Kier molecular flexibility index (Phi) is 9.56. The van der Waals surface area contributed by atoms with Crippen molar-refractivity contribution in [2.45, 2.75) is 46.1 Å². The maximum Gasteiger partial charge on any atom is 0.326 e. The highest BCUT2D eigenvalue weighted by Gasteiger charge is 2.26. The zero-order chi connectivity index (χ0) is 17.1. The Morgan fingerprint density at radius 1 is 1.05 bits per heavy atom. The Balaban J connectivity index is 4.40. The molecule has 1 amide bonds. The summed E-state index contributed by atoms with van der Waals surface area (Å²) in [6.07, 6.45) is -0.380. The molecule has 8 nitrogen and oxygen atoms in total. The Hall–Kier alpha value is -2.12. The van der Waals surface area contributed by atoms with E-state index in [1.54, 1.807) is 13.8 Å².